The minimum absolute atomic E-state index is 0.00212. The molecule has 0 unspecified atom stereocenters. The highest BCUT2D eigenvalue weighted by atomic mass is 19.1. The van der Waals surface area contributed by atoms with E-state index in [2.05, 4.69) is 10.6 Å². The molecule has 2 N–H and O–H groups in total. The van der Waals surface area contributed by atoms with E-state index in [1.54, 1.807) is 42.5 Å². The number of amides is 3. The van der Waals surface area contributed by atoms with Crippen molar-refractivity contribution in [3.8, 4) is 34.4 Å². The second kappa shape index (κ2) is 13.8. The average Bonchev–Trinajstić information content (AvgIpc) is 3.09. The van der Waals surface area contributed by atoms with Gasteiger partial charge in [0.25, 0.3) is 17.7 Å². The Morgan fingerprint density at radius 3 is 2.62 bits per heavy atom. The SMILES string of the molecule is COc1ccc2cc1-c1cccc(c1)OCC(=O)NCc1cc(F)cc(c1)O[C@@H]1CCN(C(=O)c3cc(F)cc(C#N)c3)C[C@H]1NC2=O. The number of rotatable bonds is 2. The highest BCUT2D eigenvalue weighted by Gasteiger charge is 2.35. The molecule has 10 nitrogen and oxygen atoms in total. The molecule has 2 heterocycles. The lowest BCUT2D eigenvalue weighted by Gasteiger charge is -2.39. The van der Waals surface area contributed by atoms with Crippen molar-refractivity contribution >= 4 is 17.7 Å². The van der Waals surface area contributed by atoms with E-state index in [0.717, 1.165) is 12.1 Å². The summed E-state index contributed by atoms with van der Waals surface area (Å²) in [5.41, 5.74) is 1.99. The van der Waals surface area contributed by atoms with E-state index < -0.39 is 41.5 Å². The van der Waals surface area contributed by atoms with Crippen LogP contribution in [0.25, 0.3) is 11.1 Å². The summed E-state index contributed by atoms with van der Waals surface area (Å²) in [5.74, 6) is -1.64. The third kappa shape index (κ3) is 7.20. The molecular weight excluding hydrogens is 622 g/mol. The van der Waals surface area contributed by atoms with Crippen LogP contribution in [0.2, 0.25) is 0 Å². The Morgan fingerprint density at radius 1 is 0.979 bits per heavy atom. The van der Waals surface area contributed by atoms with E-state index in [4.69, 9.17) is 14.2 Å². The van der Waals surface area contributed by atoms with Gasteiger partial charge in [0.1, 0.15) is 35.0 Å². The number of nitrogens with one attached hydrogen (secondary N) is 2. The lowest BCUT2D eigenvalue weighted by molar-refractivity contribution is -0.123. The number of nitrogens with zero attached hydrogens (tertiary/aromatic N) is 2. The molecule has 0 spiro atoms. The lowest BCUT2D eigenvalue weighted by atomic mass is 9.98. The molecule has 0 aliphatic carbocycles. The first-order chi connectivity index (χ1) is 23.2. The van der Waals surface area contributed by atoms with Crippen LogP contribution in [0.15, 0.2) is 78.9 Å². The molecule has 0 radical (unpaired) electrons. The fourth-order valence-electron chi connectivity index (χ4n) is 5.80. The van der Waals surface area contributed by atoms with E-state index in [-0.39, 0.29) is 55.1 Å². The minimum Gasteiger partial charge on any atom is -0.496 e. The first kappa shape index (κ1) is 32.0. The van der Waals surface area contributed by atoms with Crippen LogP contribution in [0.1, 0.15) is 38.3 Å². The average molecular weight is 653 g/mol. The second-order valence-electron chi connectivity index (χ2n) is 11.4. The quantitative estimate of drug-likeness (QED) is 0.324. The zero-order chi connectivity index (χ0) is 33.8. The van der Waals surface area contributed by atoms with Crippen LogP contribution in [0, 0.1) is 23.0 Å². The molecule has 6 rings (SSSR count). The van der Waals surface area contributed by atoms with Gasteiger partial charge >= 0.3 is 0 Å². The van der Waals surface area contributed by atoms with Gasteiger partial charge in [0, 0.05) is 48.8 Å². The van der Waals surface area contributed by atoms with Gasteiger partial charge in [0.05, 0.1) is 24.8 Å². The molecule has 2 atom stereocenters. The number of fused-ring (bicyclic) bond motifs is 8. The van der Waals surface area contributed by atoms with Crippen molar-refractivity contribution in [2.24, 2.45) is 0 Å². The number of piperidine rings is 1. The van der Waals surface area contributed by atoms with E-state index in [1.165, 1.54) is 30.2 Å². The molecule has 4 aromatic carbocycles. The minimum atomic E-state index is -0.782. The molecule has 1 fully saturated rings. The maximum atomic E-state index is 14.7. The number of hydrogen-bond acceptors (Lipinski definition) is 7. The van der Waals surface area contributed by atoms with E-state index >= 15 is 0 Å². The number of ether oxygens (including phenoxy) is 3. The van der Waals surface area contributed by atoms with Crippen LogP contribution < -0.4 is 24.8 Å². The van der Waals surface area contributed by atoms with Crippen molar-refractivity contribution in [3.05, 3.63) is 113 Å². The number of hydrogen-bond donors (Lipinski definition) is 2. The van der Waals surface area contributed by atoms with Crippen LogP contribution in [-0.4, -0.2) is 61.6 Å². The highest BCUT2D eigenvalue weighted by Crippen LogP contribution is 2.33. The predicted molar refractivity (Wildman–Crippen MR) is 169 cm³/mol. The van der Waals surface area contributed by atoms with Gasteiger partial charge in [0.2, 0.25) is 0 Å². The summed E-state index contributed by atoms with van der Waals surface area (Å²) in [4.78, 5) is 41.4. The van der Waals surface area contributed by atoms with Gasteiger partial charge in [-0.05, 0) is 71.8 Å². The van der Waals surface area contributed by atoms with Gasteiger partial charge < -0.3 is 29.7 Å². The molecule has 4 aromatic rings. The van der Waals surface area contributed by atoms with Crippen molar-refractivity contribution in [3.63, 3.8) is 0 Å². The number of halogens is 2. The zero-order valence-corrected chi connectivity index (χ0v) is 25.8. The molecule has 244 valence electrons. The summed E-state index contributed by atoms with van der Waals surface area (Å²) < 4.78 is 46.5. The molecule has 12 heteroatoms. The molecule has 0 aromatic heterocycles. The molecule has 0 saturated carbocycles. The topological polar surface area (TPSA) is 130 Å². The van der Waals surface area contributed by atoms with Crippen molar-refractivity contribution in [2.75, 3.05) is 26.8 Å². The van der Waals surface area contributed by atoms with Gasteiger partial charge in [-0.15, -0.1) is 0 Å². The summed E-state index contributed by atoms with van der Waals surface area (Å²) in [6.07, 6.45) is -0.466. The Bertz CT molecular complexity index is 1940. The van der Waals surface area contributed by atoms with Gasteiger partial charge in [-0.25, -0.2) is 8.78 Å². The fourth-order valence-corrected chi connectivity index (χ4v) is 5.80. The maximum absolute atomic E-state index is 14.7. The molecule has 48 heavy (non-hydrogen) atoms. The van der Waals surface area contributed by atoms with E-state index in [9.17, 15) is 28.4 Å². The lowest BCUT2D eigenvalue weighted by Crippen LogP contribution is -2.58. The number of likely N-dealkylation sites (tertiary alicyclic amines) is 1. The van der Waals surface area contributed by atoms with E-state index in [0.29, 0.717) is 28.2 Å². The number of carbonyl (C=O) groups is 3. The zero-order valence-electron chi connectivity index (χ0n) is 25.8. The predicted octanol–water partition coefficient (Wildman–Crippen LogP) is 4.61. The number of carbonyl (C=O) groups excluding carboxylic acids is 3. The molecule has 2 aliphatic heterocycles. The summed E-state index contributed by atoms with van der Waals surface area (Å²) in [5, 5.41) is 15.0. The summed E-state index contributed by atoms with van der Waals surface area (Å²) >= 11 is 0. The van der Waals surface area contributed by atoms with Gasteiger partial charge in [-0.2, -0.15) is 5.26 Å². The first-order valence-corrected chi connectivity index (χ1v) is 15.1. The Kier molecular flexibility index (Phi) is 9.20. The van der Waals surface area contributed by atoms with Crippen LogP contribution >= 0.6 is 0 Å². The Morgan fingerprint density at radius 2 is 1.81 bits per heavy atom. The van der Waals surface area contributed by atoms with Crippen molar-refractivity contribution < 1.29 is 37.4 Å². The number of methoxy groups -OCH3 is 1. The van der Waals surface area contributed by atoms with Crippen LogP contribution in [0.4, 0.5) is 8.78 Å². The standard InChI is InChI=1S/C36H30F2N4O6/c1-46-32-6-5-24-15-30(32)23-3-2-4-28(14-23)47-20-34(43)40-18-22-11-27(38)16-29(12-22)48-33-7-8-42(19-31(33)41-35(24)44)36(45)25-9-21(17-39)10-26(37)13-25/h2-6,9-16,31,33H,7-8,18-20H2,1H3,(H,40,43)(H,41,44)/t31-,33-/m1/s1. The Balaban J connectivity index is 1.37. The summed E-state index contributed by atoms with van der Waals surface area (Å²) in [6.45, 7) is -0.122. The van der Waals surface area contributed by atoms with Crippen molar-refractivity contribution in [1.29, 1.82) is 5.26 Å². The maximum Gasteiger partial charge on any atom is 0.258 e. The molecule has 6 bridgehead atoms. The molecule has 3 amide bonds. The molecular formula is C36H30F2N4O6. The highest BCUT2D eigenvalue weighted by molar-refractivity contribution is 5.97. The summed E-state index contributed by atoms with van der Waals surface area (Å²) in [7, 11) is 1.51. The van der Waals surface area contributed by atoms with Crippen LogP contribution in [0.5, 0.6) is 17.2 Å². The number of benzene rings is 4. The van der Waals surface area contributed by atoms with Crippen molar-refractivity contribution in [1.82, 2.24) is 15.5 Å². The van der Waals surface area contributed by atoms with Gasteiger partial charge in [0.15, 0.2) is 6.61 Å². The third-order valence-corrected chi connectivity index (χ3v) is 8.11. The fraction of sp³-hybridized carbons (Fsp3) is 0.222. The summed E-state index contributed by atoms with van der Waals surface area (Å²) in [6, 6.07) is 20.4. The smallest absolute Gasteiger partial charge is 0.258 e. The van der Waals surface area contributed by atoms with E-state index in [1.807, 2.05) is 12.1 Å². The van der Waals surface area contributed by atoms with Crippen LogP contribution in [-0.2, 0) is 11.3 Å². The first-order valence-electron chi connectivity index (χ1n) is 15.1. The third-order valence-electron chi connectivity index (χ3n) is 8.11. The second-order valence-corrected chi connectivity index (χ2v) is 11.4. The normalized spacial score (nSPS) is 17.8. The Labute approximate surface area is 274 Å². The van der Waals surface area contributed by atoms with Gasteiger partial charge in [-0.1, -0.05) is 12.1 Å². The largest absolute Gasteiger partial charge is 0.496 e. The Hall–Kier alpha value is -5.96. The molecule has 2 aliphatic rings. The van der Waals surface area contributed by atoms with Gasteiger partial charge in [-0.3, -0.25) is 14.4 Å². The number of nitriles is 1. The van der Waals surface area contributed by atoms with Crippen LogP contribution in [0.3, 0.4) is 0 Å². The molecule has 1 saturated heterocycles. The monoisotopic (exact) mass is 652 g/mol. The van der Waals surface area contributed by atoms with Crippen molar-refractivity contribution in [2.45, 2.75) is 25.1 Å².